The standard InChI is InChI=1S/C22H23N3O/c1-16-7-3-5-9-19(16)22(26)25-13-11-24(12-14-25)21-17(2)15-18-8-4-6-10-20(18)23-21/h3-10,15H,11-14H2,1-2H3. The number of piperazine rings is 1. The number of anilines is 1. The Kier molecular flexibility index (Phi) is 4.33. The van der Waals surface area contributed by atoms with Crippen LogP contribution in [0.4, 0.5) is 5.82 Å². The van der Waals surface area contributed by atoms with Crippen LogP contribution >= 0.6 is 0 Å². The first-order valence-electron chi connectivity index (χ1n) is 9.10. The van der Waals surface area contributed by atoms with E-state index in [4.69, 9.17) is 4.98 Å². The van der Waals surface area contributed by atoms with Gasteiger partial charge in [0.05, 0.1) is 5.52 Å². The van der Waals surface area contributed by atoms with Gasteiger partial charge in [-0.2, -0.15) is 0 Å². The summed E-state index contributed by atoms with van der Waals surface area (Å²) in [6.45, 7) is 7.17. The number of rotatable bonds is 2. The zero-order valence-corrected chi connectivity index (χ0v) is 15.3. The van der Waals surface area contributed by atoms with Gasteiger partial charge in [0.1, 0.15) is 5.82 Å². The summed E-state index contributed by atoms with van der Waals surface area (Å²) >= 11 is 0. The third kappa shape index (κ3) is 3.03. The number of hydrogen-bond acceptors (Lipinski definition) is 3. The van der Waals surface area contributed by atoms with Crippen molar-refractivity contribution in [3.8, 4) is 0 Å². The van der Waals surface area contributed by atoms with Gasteiger partial charge in [0, 0.05) is 37.1 Å². The zero-order chi connectivity index (χ0) is 18.1. The van der Waals surface area contributed by atoms with Gasteiger partial charge in [0.15, 0.2) is 0 Å². The summed E-state index contributed by atoms with van der Waals surface area (Å²) in [6.07, 6.45) is 0. The van der Waals surface area contributed by atoms with E-state index in [1.54, 1.807) is 0 Å². The molecule has 2 heterocycles. The maximum atomic E-state index is 12.8. The second-order valence-corrected chi connectivity index (χ2v) is 6.92. The molecule has 132 valence electrons. The van der Waals surface area contributed by atoms with E-state index in [9.17, 15) is 4.79 Å². The van der Waals surface area contributed by atoms with Crippen molar-refractivity contribution in [2.75, 3.05) is 31.1 Å². The zero-order valence-electron chi connectivity index (χ0n) is 15.3. The number of aryl methyl sites for hydroxylation is 2. The van der Waals surface area contributed by atoms with Crippen LogP contribution in [0.25, 0.3) is 10.9 Å². The van der Waals surface area contributed by atoms with Crippen LogP contribution < -0.4 is 4.90 Å². The molecular weight excluding hydrogens is 322 g/mol. The van der Waals surface area contributed by atoms with Crippen LogP contribution in [0.2, 0.25) is 0 Å². The van der Waals surface area contributed by atoms with Gasteiger partial charge < -0.3 is 9.80 Å². The molecule has 4 nitrogen and oxygen atoms in total. The predicted molar refractivity (Wildman–Crippen MR) is 106 cm³/mol. The molecule has 0 radical (unpaired) electrons. The number of para-hydroxylation sites is 1. The summed E-state index contributed by atoms with van der Waals surface area (Å²) in [7, 11) is 0. The molecule has 1 fully saturated rings. The molecular formula is C22H23N3O. The van der Waals surface area contributed by atoms with Crippen molar-refractivity contribution in [3.05, 3.63) is 71.3 Å². The predicted octanol–water partition coefficient (Wildman–Crippen LogP) is 3.81. The lowest BCUT2D eigenvalue weighted by molar-refractivity contribution is 0.0746. The first-order valence-corrected chi connectivity index (χ1v) is 9.10. The highest BCUT2D eigenvalue weighted by Crippen LogP contribution is 2.24. The highest BCUT2D eigenvalue weighted by atomic mass is 16.2. The monoisotopic (exact) mass is 345 g/mol. The highest BCUT2D eigenvalue weighted by molar-refractivity contribution is 5.95. The number of amides is 1. The van der Waals surface area contributed by atoms with E-state index in [1.165, 1.54) is 10.9 Å². The third-order valence-electron chi connectivity index (χ3n) is 5.13. The van der Waals surface area contributed by atoms with Crippen LogP contribution in [0.1, 0.15) is 21.5 Å². The smallest absolute Gasteiger partial charge is 0.254 e. The van der Waals surface area contributed by atoms with Crippen molar-refractivity contribution in [3.63, 3.8) is 0 Å². The highest BCUT2D eigenvalue weighted by Gasteiger charge is 2.24. The number of aromatic nitrogens is 1. The minimum Gasteiger partial charge on any atom is -0.353 e. The van der Waals surface area contributed by atoms with Gasteiger partial charge in [-0.15, -0.1) is 0 Å². The molecule has 4 rings (SSSR count). The van der Waals surface area contributed by atoms with Crippen molar-refractivity contribution in [2.45, 2.75) is 13.8 Å². The SMILES string of the molecule is Cc1ccccc1C(=O)N1CCN(c2nc3ccccc3cc2C)CC1. The van der Waals surface area contributed by atoms with Crippen molar-refractivity contribution in [1.82, 2.24) is 9.88 Å². The Labute approximate surface area is 154 Å². The minimum atomic E-state index is 0.131. The molecule has 26 heavy (non-hydrogen) atoms. The number of pyridine rings is 1. The van der Waals surface area contributed by atoms with Gasteiger partial charge in [-0.25, -0.2) is 4.98 Å². The number of hydrogen-bond donors (Lipinski definition) is 0. The molecule has 0 bridgehead atoms. The average Bonchev–Trinajstić information content (AvgIpc) is 2.67. The molecule has 0 aliphatic carbocycles. The van der Waals surface area contributed by atoms with Gasteiger partial charge in [-0.3, -0.25) is 4.79 Å². The molecule has 0 spiro atoms. The van der Waals surface area contributed by atoms with Crippen molar-refractivity contribution >= 4 is 22.6 Å². The summed E-state index contributed by atoms with van der Waals surface area (Å²) in [5.74, 6) is 1.16. The number of benzene rings is 2. The summed E-state index contributed by atoms with van der Waals surface area (Å²) in [5.41, 5.74) is 4.04. The van der Waals surface area contributed by atoms with Crippen LogP contribution in [0, 0.1) is 13.8 Å². The Morgan fingerprint density at radius 2 is 1.58 bits per heavy atom. The Balaban J connectivity index is 1.51. The van der Waals surface area contributed by atoms with E-state index in [2.05, 4.69) is 30.0 Å². The maximum Gasteiger partial charge on any atom is 0.254 e. The third-order valence-corrected chi connectivity index (χ3v) is 5.13. The summed E-state index contributed by atoms with van der Waals surface area (Å²) < 4.78 is 0. The molecule has 0 unspecified atom stereocenters. The van der Waals surface area contributed by atoms with Gasteiger partial charge >= 0.3 is 0 Å². The first kappa shape index (κ1) is 16.6. The van der Waals surface area contributed by atoms with Gasteiger partial charge in [-0.1, -0.05) is 36.4 Å². The molecule has 1 aliphatic rings. The van der Waals surface area contributed by atoms with E-state index in [0.29, 0.717) is 0 Å². The quantitative estimate of drug-likeness (QED) is 0.708. The van der Waals surface area contributed by atoms with E-state index in [0.717, 1.165) is 48.6 Å². The molecule has 4 heteroatoms. The Bertz CT molecular complexity index is 959. The fraction of sp³-hybridized carbons (Fsp3) is 0.273. The summed E-state index contributed by atoms with van der Waals surface area (Å²) in [5, 5.41) is 1.17. The Hall–Kier alpha value is -2.88. The van der Waals surface area contributed by atoms with Gasteiger partial charge in [-0.05, 0) is 43.2 Å². The average molecular weight is 345 g/mol. The Morgan fingerprint density at radius 1 is 0.885 bits per heavy atom. The molecule has 3 aromatic rings. The van der Waals surface area contributed by atoms with Crippen LogP contribution in [0.15, 0.2) is 54.6 Å². The molecule has 1 saturated heterocycles. The summed E-state index contributed by atoms with van der Waals surface area (Å²) in [6, 6.07) is 18.2. The number of fused-ring (bicyclic) bond motifs is 1. The topological polar surface area (TPSA) is 36.4 Å². The minimum absolute atomic E-state index is 0.131. The van der Waals surface area contributed by atoms with E-state index >= 15 is 0 Å². The lowest BCUT2D eigenvalue weighted by Gasteiger charge is -2.36. The molecule has 1 amide bonds. The fourth-order valence-electron chi connectivity index (χ4n) is 3.64. The molecule has 1 aromatic heterocycles. The molecule has 0 saturated carbocycles. The van der Waals surface area contributed by atoms with Gasteiger partial charge in [0.25, 0.3) is 5.91 Å². The fourth-order valence-corrected chi connectivity index (χ4v) is 3.64. The molecule has 1 aliphatic heterocycles. The number of carbonyl (C=O) groups excluding carboxylic acids is 1. The van der Waals surface area contributed by atoms with E-state index in [-0.39, 0.29) is 5.91 Å². The van der Waals surface area contributed by atoms with Crippen LogP contribution in [-0.2, 0) is 0 Å². The van der Waals surface area contributed by atoms with Gasteiger partial charge in [0.2, 0.25) is 0 Å². The van der Waals surface area contributed by atoms with Crippen molar-refractivity contribution in [2.24, 2.45) is 0 Å². The normalized spacial score (nSPS) is 14.7. The van der Waals surface area contributed by atoms with E-state index < -0.39 is 0 Å². The number of carbonyl (C=O) groups is 1. The molecule has 0 atom stereocenters. The van der Waals surface area contributed by atoms with E-state index in [1.807, 2.05) is 48.2 Å². The van der Waals surface area contributed by atoms with Crippen molar-refractivity contribution in [1.29, 1.82) is 0 Å². The van der Waals surface area contributed by atoms with Crippen LogP contribution in [-0.4, -0.2) is 42.0 Å². The lowest BCUT2D eigenvalue weighted by atomic mass is 10.1. The second-order valence-electron chi connectivity index (χ2n) is 6.92. The largest absolute Gasteiger partial charge is 0.353 e. The van der Waals surface area contributed by atoms with Crippen LogP contribution in [0.3, 0.4) is 0 Å². The molecule has 2 aromatic carbocycles. The van der Waals surface area contributed by atoms with Crippen LogP contribution in [0.5, 0.6) is 0 Å². The maximum absolute atomic E-state index is 12.8. The summed E-state index contributed by atoms with van der Waals surface area (Å²) in [4.78, 5) is 21.9. The number of nitrogens with zero attached hydrogens (tertiary/aromatic N) is 3. The van der Waals surface area contributed by atoms with Crippen molar-refractivity contribution < 1.29 is 4.79 Å². The lowest BCUT2D eigenvalue weighted by Crippen LogP contribution is -2.49. The Morgan fingerprint density at radius 3 is 2.35 bits per heavy atom. The second kappa shape index (κ2) is 6.79. The molecule has 0 N–H and O–H groups in total. The first-order chi connectivity index (χ1) is 12.6.